The molecule has 4 rings (SSSR count). The molecular weight excluding hydrogens is 371 g/mol. The Hall–Kier alpha value is -3.62. The predicted octanol–water partition coefficient (Wildman–Crippen LogP) is 4.40. The normalized spacial score (nSPS) is 14.5. The first-order valence-corrected chi connectivity index (χ1v) is 8.30. The SMILES string of the molecule is Oc1nc(NCc2ccc(C(F)(F)F)cc2)[nH]c1C=C1C=Nc2ncccc21. The number of hydrogen-bond donors (Lipinski definition) is 3. The van der Waals surface area contributed by atoms with E-state index in [9.17, 15) is 18.3 Å². The third-order valence-corrected chi connectivity index (χ3v) is 4.18. The van der Waals surface area contributed by atoms with Crippen molar-refractivity contribution >= 4 is 29.6 Å². The molecule has 0 spiro atoms. The summed E-state index contributed by atoms with van der Waals surface area (Å²) in [7, 11) is 0. The van der Waals surface area contributed by atoms with Gasteiger partial charge in [0.1, 0.15) is 5.69 Å². The fourth-order valence-electron chi connectivity index (χ4n) is 2.76. The van der Waals surface area contributed by atoms with E-state index in [0.29, 0.717) is 23.0 Å². The van der Waals surface area contributed by atoms with Gasteiger partial charge in [0, 0.05) is 30.1 Å². The highest BCUT2D eigenvalue weighted by molar-refractivity contribution is 6.20. The van der Waals surface area contributed by atoms with Crippen molar-refractivity contribution in [2.24, 2.45) is 4.99 Å². The van der Waals surface area contributed by atoms with Gasteiger partial charge >= 0.3 is 6.18 Å². The van der Waals surface area contributed by atoms with E-state index in [0.717, 1.165) is 23.3 Å². The van der Waals surface area contributed by atoms with Crippen LogP contribution in [0, 0.1) is 0 Å². The van der Waals surface area contributed by atoms with Crippen LogP contribution in [0.4, 0.5) is 24.9 Å². The van der Waals surface area contributed by atoms with Gasteiger partial charge in [-0.3, -0.25) is 0 Å². The number of aromatic hydroxyl groups is 1. The summed E-state index contributed by atoms with van der Waals surface area (Å²) in [4.78, 5) is 15.3. The summed E-state index contributed by atoms with van der Waals surface area (Å²) in [6.45, 7) is 0.245. The molecule has 0 saturated heterocycles. The molecule has 6 nitrogen and oxygen atoms in total. The molecule has 1 aliphatic heterocycles. The van der Waals surface area contributed by atoms with Crippen LogP contribution in [0.3, 0.4) is 0 Å². The second-order valence-corrected chi connectivity index (χ2v) is 6.10. The van der Waals surface area contributed by atoms with Crippen molar-refractivity contribution in [2.75, 3.05) is 5.32 Å². The Labute approximate surface area is 157 Å². The predicted molar refractivity (Wildman–Crippen MR) is 99.3 cm³/mol. The van der Waals surface area contributed by atoms with Gasteiger partial charge in [0.05, 0.1) is 5.56 Å². The van der Waals surface area contributed by atoms with Gasteiger partial charge in [0.2, 0.25) is 11.8 Å². The van der Waals surface area contributed by atoms with Crippen molar-refractivity contribution in [1.82, 2.24) is 15.0 Å². The molecule has 3 aromatic rings. The van der Waals surface area contributed by atoms with Crippen molar-refractivity contribution in [3.05, 3.63) is 65.0 Å². The number of rotatable bonds is 4. The van der Waals surface area contributed by atoms with Crippen LogP contribution < -0.4 is 5.32 Å². The maximum Gasteiger partial charge on any atom is 0.416 e. The summed E-state index contributed by atoms with van der Waals surface area (Å²) in [6, 6.07) is 8.50. The van der Waals surface area contributed by atoms with Crippen LogP contribution in [0.25, 0.3) is 11.6 Å². The van der Waals surface area contributed by atoms with Crippen LogP contribution in [0.1, 0.15) is 22.4 Å². The van der Waals surface area contributed by atoms with E-state index in [1.54, 1.807) is 24.6 Å². The minimum Gasteiger partial charge on any atom is -0.492 e. The molecule has 3 N–H and O–H groups in total. The van der Waals surface area contributed by atoms with Gasteiger partial charge in [-0.2, -0.15) is 18.2 Å². The number of benzene rings is 1. The highest BCUT2D eigenvalue weighted by atomic mass is 19.4. The second kappa shape index (κ2) is 6.84. The second-order valence-electron chi connectivity index (χ2n) is 6.10. The summed E-state index contributed by atoms with van der Waals surface area (Å²) in [5, 5.41) is 13.0. The molecule has 28 heavy (non-hydrogen) atoms. The Morgan fingerprint density at radius 2 is 1.93 bits per heavy atom. The molecule has 1 aromatic carbocycles. The molecule has 0 fully saturated rings. The molecule has 142 valence electrons. The summed E-state index contributed by atoms with van der Waals surface area (Å²) in [6.07, 6.45) is 0.630. The van der Waals surface area contributed by atoms with Crippen molar-refractivity contribution in [3.8, 4) is 5.88 Å². The summed E-state index contributed by atoms with van der Waals surface area (Å²) < 4.78 is 37.8. The Kier molecular flexibility index (Phi) is 4.34. The highest BCUT2D eigenvalue weighted by Gasteiger charge is 2.29. The number of alkyl halides is 3. The number of pyridine rings is 1. The van der Waals surface area contributed by atoms with E-state index in [-0.39, 0.29) is 12.4 Å². The molecule has 9 heteroatoms. The Bertz CT molecular complexity index is 1070. The number of imidazole rings is 1. The Morgan fingerprint density at radius 1 is 1.14 bits per heavy atom. The number of allylic oxidation sites excluding steroid dienone is 1. The molecule has 0 bridgehead atoms. The van der Waals surface area contributed by atoms with E-state index in [1.807, 2.05) is 6.07 Å². The van der Waals surface area contributed by atoms with Crippen molar-refractivity contribution in [2.45, 2.75) is 12.7 Å². The van der Waals surface area contributed by atoms with E-state index >= 15 is 0 Å². The average Bonchev–Trinajstić information content (AvgIpc) is 3.24. The minimum atomic E-state index is -4.36. The van der Waals surface area contributed by atoms with Crippen LogP contribution >= 0.6 is 0 Å². The van der Waals surface area contributed by atoms with Crippen molar-refractivity contribution in [3.63, 3.8) is 0 Å². The number of aromatic amines is 1. The van der Waals surface area contributed by atoms with Crippen molar-refractivity contribution in [1.29, 1.82) is 0 Å². The fourth-order valence-corrected chi connectivity index (χ4v) is 2.76. The van der Waals surface area contributed by atoms with Gasteiger partial charge in [0.15, 0.2) is 5.82 Å². The van der Waals surface area contributed by atoms with Gasteiger partial charge in [-0.05, 0) is 35.9 Å². The number of fused-ring (bicyclic) bond motifs is 1. The average molecular weight is 385 g/mol. The zero-order chi connectivity index (χ0) is 19.7. The largest absolute Gasteiger partial charge is 0.492 e. The molecular formula is C19H14F3N5O. The fraction of sp³-hybridized carbons (Fsp3) is 0.105. The van der Waals surface area contributed by atoms with Gasteiger partial charge in [-0.15, -0.1) is 0 Å². The number of nitrogens with one attached hydrogen (secondary N) is 2. The van der Waals surface area contributed by atoms with Crippen LogP contribution in [0.2, 0.25) is 0 Å². The summed E-state index contributed by atoms with van der Waals surface area (Å²) >= 11 is 0. The third-order valence-electron chi connectivity index (χ3n) is 4.18. The molecule has 0 saturated carbocycles. The highest BCUT2D eigenvalue weighted by Crippen LogP contribution is 2.32. The van der Waals surface area contributed by atoms with E-state index in [1.165, 1.54) is 12.1 Å². The topological polar surface area (TPSA) is 86.2 Å². The van der Waals surface area contributed by atoms with Crippen LogP contribution in [0.5, 0.6) is 5.88 Å². The molecule has 0 aliphatic carbocycles. The van der Waals surface area contributed by atoms with Crippen LogP contribution in [-0.4, -0.2) is 26.3 Å². The maximum absolute atomic E-state index is 12.6. The number of aliphatic imine (C=N–C) groups is 1. The van der Waals surface area contributed by atoms with E-state index < -0.39 is 11.7 Å². The number of halogens is 3. The lowest BCUT2D eigenvalue weighted by molar-refractivity contribution is -0.137. The number of aromatic nitrogens is 3. The molecule has 0 amide bonds. The maximum atomic E-state index is 12.6. The lowest BCUT2D eigenvalue weighted by Crippen LogP contribution is -2.06. The Balaban J connectivity index is 1.47. The van der Waals surface area contributed by atoms with Gasteiger partial charge in [-0.1, -0.05) is 12.1 Å². The van der Waals surface area contributed by atoms with E-state index in [4.69, 9.17) is 0 Å². The first kappa shape index (κ1) is 17.8. The number of H-pyrrole nitrogens is 1. The lowest BCUT2D eigenvalue weighted by Gasteiger charge is -2.08. The van der Waals surface area contributed by atoms with Crippen LogP contribution in [0.15, 0.2) is 47.6 Å². The zero-order valence-electron chi connectivity index (χ0n) is 14.3. The Morgan fingerprint density at radius 3 is 2.68 bits per heavy atom. The van der Waals surface area contributed by atoms with Gasteiger partial charge < -0.3 is 15.4 Å². The first-order valence-electron chi connectivity index (χ1n) is 8.30. The van der Waals surface area contributed by atoms with Gasteiger partial charge in [-0.25, -0.2) is 9.98 Å². The lowest BCUT2D eigenvalue weighted by atomic mass is 10.1. The monoisotopic (exact) mass is 385 g/mol. The number of nitrogens with zero attached hydrogens (tertiary/aromatic N) is 3. The molecule has 1 aliphatic rings. The number of anilines is 1. The summed E-state index contributed by atoms with van der Waals surface area (Å²) in [5.41, 5.74) is 1.95. The standard InChI is InChI=1S/C19H14F3N5O/c20-19(21,22)13-5-3-11(4-6-13)9-25-18-26-15(17(28)27-18)8-12-10-24-16-14(12)2-1-7-23-16/h1-8,10,28H,9H2,(H2,25,26,27). The molecule has 0 atom stereocenters. The quantitative estimate of drug-likeness (QED) is 0.621. The molecule has 0 radical (unpaired) electrons. The molecule has 3 heterocycles. The third kappa shape index (κ3) is 3.59. The van der Waals surface area contributed by atoms with Gasteiger partial charge in [0.25, 0.3) is 0 Å². The van der Waals surface area contributed by atoms with E-state index in [2.05, 4.69) is 25.3 Å². The van der Waals surface area contributed by atoms with Crippen LogP contribution in [-0.2, 0) is 12.7 Å². The molecule has 0 unspecified atom stereocenters. The minimum absolute atomic E-state index is 0.201. The smallest absolute Gasteiger partial charge is 0.416 e. The summed E-state index contributed by atoms with van der Waals surface area (Å²) in [5.74, 6) is 0.701. The van der Waals surface area contributed by atoms with Crippen molar-refractivity contribution < 1.29 is 18.3 Å². The zero-order valence-corrected chi connectivity index (χ0v) is 14.3. The first-order chi connectivity index (χ1) is 13.4. The molecule has 2 aromatic heterocycles. The number of hydrogen-bond acceptors (Lipinski definition) is 5.